The van der Waals surface area contributed by atoms with E-state index >= 15 is 13.2 Å². The molecule has 1 aromatic carbocycles. The number of rotatable bonds is 11. The van der Waals surface area contributed by atoms with Gasteiger partial charge in [-0.3, -0.25) is 19.2 Å². The molecule has 14 heteroatoms. The second kappa shape index (κ2) is 15.0. The van der Waals surface area contributed by atoms with Crippen molar-refractivity contribution in [3.63, 3.8) is 0 Å². The van der Waals surface area contributed by atoms with Crippen molar-refractivity contribution in [3.05, 3.63) is 45.5 Å². The molecule has 266 valence electrons. The molecule has 1 heterocycles. The van der Waals surface area contributed by atoms with E-state index in [0.29, 0.717) is 60.1 Å². The number of amides is 1. The maximum Gasteiger partial charge on any atom is 0.310 e. The van der Waals surface area contributed by atoms with E-state index in [9.17, 15) is 19.2 Å². The van der Waals surface area contributed by atoms with Crippen LogP contribution in [0.3, 0.4) is 0 Å². The number of nitrogens with two attached hydrogens (primary N) is 1. The number of nitrogens with zero attached hydrogens (tertiary/aromatic N) is 3. The summed E-state index contributed by atoms with van der Waals surface area (Å²) < 4.78 is 60.2. The number of ketones is 1. The van der Waals surface area contributed by atoms with Gasteiger partial charge in [-0.2, -0.15) is 5.10 Å². The standard InChI is InChI=1S/C34H45F3N4O6.ClH/c1-8-23-28-24(15-34(3,4)16-25(28)43)40(39-23)32-29(35)22(27(33(38)45)30(36)31(32)37)13-19-9-11-20(12-10-19)47-26(44)14-21(46-18(2)42)17-41(5,6)7;/h19-21H,8-17H2,1-7H3,(H-,38,45);1H. The van der Waals surface area contributed by atoms with Gasteiger partial charge in [0.15, 0.2) is 29.3 Å². The maximum absolute atomic E-state index is 16.5. The fraction of sp³-hybridized carbons (Fsp3) is 0.618. The molecular weight excluding hydrogens is 653 g/mol. The van der Waals surface area contributed by atoms with Crippen LogP contribution in [-0.2, 0) is 38.3 Å². The van der Waals surface area contributed by atoms with E-state index in [-0.39, 0.29) is 55.4 Å². The summed E-state index contributed by atoms with van der Waals surface area (Å²) in [6.45, 7) is 7.20. The zero-order chi connectivity index (χ0) is 35.0. The van der Waals surface area contributed by atoms with Crippen molar-refractivity contribution in [2.75, 3.05) is 27.7 Å². The van der Waals surface area contributed by atoms with Crippen LogP contribution >= 0.6 is 0 Å². The van der Waals surface area contributed by atoms with Gasteiger partial charge in [-0.1, -0.05) is 20.8 Å². The number of hydrogen-bond acceptors (Lipinski definition) is 7. The highest BCUT2D eigenvalue weighted by Crippen LogP contribution is 2.40. The fourth-order valence-corrected chi connectivity index (χ4v) is 6.94. The van der Waals surface area contributed by atoms with Crippen molar-refractivity contribution in [2.24, 2.45) is 17.1 Å². The first-order chi connectivity index (χ1) is 21.8. The first-order valence-electron chi connectivity index (χ1n) is 16.1. The number of halogens is 4. The average Bonchev–Trinajstić information content (AvgIpc) is 3.28. The van der Waals surface area contributed by atoms with Crippen LogP contribution in [0.15, 0.2) is 0 Å². The van der Waals surface area contributed by atoms with Gasteiger partial charge in [0.1, 0.15) is 18.3 Å². The molecule has 2 aliphatic rings. The molecule has 2 aromatic rings. The largest absolute Gasteiger partial charge is 1.00 e. The number of fused-ring (bicyclic) bond motifs is 1. The van der Waals surface area contributed by atoms with Crippen LogP contribution in [0, 0.1) is 28.8 Å². The predicted octanol–water partition coefficient (Wildman–Crippen LogP) is 1.78. The summed E-state index contributed by atoms with van der Waals surface area (Å²) in [6.07, 6.45) is 1.34. The van der Waals surface area contributed by atoms with E-state index in [1.165, 1.54) is 6.92 Å². The number of ether oxygens (including phenoxy) is 2. The number of Topliss-reactive ketones (excluding diaryl/α,β-unsaturated/α-hetero) is 1. The van der Waals surface area contributed by atoms with Gasteiger partial charge >= 0.3 is 11.9 Å². The Morgan fingerprint density at radius 3 is 2.21 bits per heavy atom. The number of likely N-dealkylation sites (N-methyl/N-ethyl adjacent to an activating group) is 1. The minimum Gasteiger partial charge on any atom is -1.00 e. The molecule has 10 nitrogen and oxygen atoms in total. The molecule has 0 aliphatic heterocycles. The van der Waals surface area contributed by atoms with E-state index in [2.05, 4.69) is 5.10 Å². The third-order valence-electron chi connectivity index (χ3n) is 8.87. The molecule has 0 bridgehead atoms. The summed E-state index contributed by atoms with van der Waals surface area (Å²) in [5, 5.41) is 4.37. The van der Waals surface area contributed by atoms with Crippen LogP contribution in [0.2, 0.25) is 0 Å². The quantitative estimate of drug-likeness (QED) is 0.215. The molecule has 0 spiro atoms. The van der Waals surface area contributed by atoms with Gasteiger partial charge in [0.2, 0.25) is 0 Å². The minimum absolute atomic E-state index is 0. The van der Waals surface area contributed by atoms with Crippen molar-refractivity contribution < 1.29 is 58.7 Å². The van der Waals surface area contributed by atoms with Crippen molar-refractivity contribution in [2.45, 2.75) is 97.7 Å². The third-order valence-corrected chi connectivity index (χ3v) is 8.87. The average molecular weight is 699 g/mol. The zero-order valence-electron chi connectivity index (χ0n) is 28.7. The molecule has 4 rings (SSSR count). The van der Waals surface area contributed by atoms with Crippen molar-refractivity contribution in [1.82, 2.24) is 9.78 Å². The summed E-state index contributed by atoms with van der Waals surface area (Å²) in [7, 11) is 5.75. The Hall–Kier alpha value is -3.45. The first-order valence-corrected chi connectivity index (χ1v) is 16.1. The molecule has 1 amide bonds. The molecule has 1 atom stereocenters. The molecule has 1 saturated carbocycles. The Bertz CT molecular complexity index is 1580. The lowest BCUT2D eigenvalue weighted by atomic mass is 9.75. The van der Waals surface area contributed by atoms with Gasteiger partial charge in [-0.05, 0) is 56.3 Å². The topological polar surface area (TPSA) is 131 Å². The molecular formula is C34H46ClF3N4O6. The lowest BCUT2D eigenvalue weighted by Gasteiger charge is -2.31. The Labute approximate surface area is 285 Å². The highest BCUT2D eigenvalue weighted by molar-refractivity contribution is 6.00. The van der Waals surface area contributed by atoms with E-state index in [4.69, 9.17) is 15.2 Å². The van der Waals surface area contributed by atoms with E-state index in [1.807, 2.05) is 35.0 Å². The van der Waals surface area contributed by atoms with Crippen molar-refractivity contribution in [1.29, 1.82) is 0 Å². The highest BCUT2D eigenvalue weighted by atomic mass is 35.5. The number of primary amides is 1. The Balaban J connectivity index is 0.00000625. The molecule has 1 fully saturated rings. The Kier molecular flexibility index (Phi) is 12.2. The summed E-state index contributed by atoms with van der Waals surface area (Å²) in [5.74, 6) is -7.05. The van der Waals surface area contributed by atoms with E-state index < -0.39 is 64.2 Å². The third kappa shape index (κ3) is 8.76. The van der Waals surface area contributed by atoms with Gasteiger partial charge in [0.25, 0.3) is 5.91 Å². The lowest BCUT2D eigenvalue weighted by molar-refractivity contribution is -0.873. The van der Waals surface area contributed by atoms with Crippen molar-refractivity contribution >= 4 is 23.6 Å². The monoisotopic (exact) mass is 698 g/mol. The van der Waals surface area contributed by atoms with Crippen LogP contribution in [-0.4, -0.2) is 77.8 Å². The molecule has 2 aliphatic carbocycles. The molecule has 2 N–H and O–H groups in total. The number of carbonyl (C=O) groups excluding carboxylic acids is 4. The van der Waals surface area contributed by atoms with Gasteiger partial charge in [0.05, 0.1) is 50.1 Å². The van der Waals surface area contributed by atoms with Gasteiger partial charge in [0, 0.05) is 18.9 Å². The van der Waals surface area contributed by atoms with E-state index in [1.54, 1.807) is 6.92 Å². The second-order valence-corrected chi connectivity index (χ2v) is 14.7. The van der Waals surface area contributed by atoms with Crippen LogP contribution < -0.4 is 18.1 Å². The summed E-state index contributed by atoms with van der Waals surface area (Å²) >= 11 is 0. The number of quaternary nitrogens is 1. The molecule has 1 unspecified atom stereocenters. The summed E-state index contributed by atoms with van der Waals surface area (Å²) in [4.78, 5) is 49.7. The van der Waals surface area contributed by atoms with Crippen molar-refractivity contribution in [3.8, 4) is 5.69 Å². The Morgan fingerprint density at radius 2 is 1.67 bits per heavy atom. The maximum atomic E-state index is 16.5. The smallest absolute Gasteiger partial charge is 0.310 e. The number of hydrogen-bond donors (Lipinski definition) is 1. The van der Waals surface area contributed by atoms with Crippen LogP contribution in [0.1, 0.15) is 104 Å². The minimum atomic E-state index is -1.60. The lowest BCUT2D eigenvalue weighted by Crippen LogP contribution is -3.00. The summed E-state index contributed by atoms with van der Waals surface area (Å²) in [6, 6.07) is 0. The van der Waals surface area contributed by atoms with Gasteiger partial charge in [-0.15, -0.1) is 0 Å². The normalized spacial score (nSPS) is 19.6. The molecule has 0 radical (unpaired) electrons. The number of aromatic nitrogens is 2. The summed E-state index contributed by atoms with van der Waals surface area (Å²) in [5.41, 5.74) is 3.94. The number of carbonyl (C=O) groups is 4. The van der Waals surface area contributed by atoms with Gasteiger partial charge in [-0.25, -0.2) is 17.9 Å². The van der Waals surface area contributed by atoms with Crippen LogP contribution in [0.5, 0.6) is 0 Å². The second-order valence-electron chi connectivity index (χ2n) is 14.7. The van der Waals surface area contributed by atoms with Crippen LogP contribution in [0.25, 0.3) is 5.69 Å². The molecule has 48 heavy (non-hydrogen) atoms. The zero-order valence-corrected chi connectivity index (χ0v) is 29.4. The molecule has 0 saturated heterocycles. The van der Waals surface area contributed by atoms with E-state index in [0.717, 1.165) is 4.68 Å². The number of aryl methyl sites for hydroxylation is 1. The Morgan fingerprint density at radius 1 is 1.04 bits per heavy atom. The SMILES string of the molecule is CCc1nn(-c2c(F)c(F)c(C(N)=O)c(CC3CCC(OC(=O)CC(C[N+](C)(C)C)OC(C)=O)CC3)c2F)c2c1C(=O)CC(C)(C)C2.[Cl-]. The first kappa shape index (κ1) is 39.0. The predicted molar refractivity (Wildman–Crippen MR) is 166 cm³/mol. The van der Waals surface area contributed by atoms with Crippen LogP contribution in [0.4, 0.5) is 13.2 Å². The van der Waals surface area contributed by atoms with Gasteiger partial charge < -0.3 is 32.1 Å². The molecule has 1 aromatic heterocycles. The fourth-order valence-electron chi connectivity index (χ4n) is 6.94. The number of esters is 2. The number of benzene rings is 1. The highest BCUT2D eigenvalue weighted by Gasteiger charge is 2.39.